The fraction of sp³-hybridized carbons (Fsp3) is 0.318. The number of aliphatic imine (C=N–C) groups is 1. The molecule has 1 aliphatic heterocycles. The monoisotopic (exact) mass is 398 g/mol. The molecule has 0 saturated heterocycles. The molecule has 0 aliphatic carbocycles. The first-order valence-corrected chi connectivity index (χ1v) is 9.70. The van der Waals surface area contributed by atoms with Gasteiger partial charge in [-0.1, -0.05) is 55.8 Å². The van der Waals surface area contributed by atoms with Gasteiger partial charge in [-0.25, -0.2) is 4.99 Å². The number of hydrogen-bond acceptors (Lipinski definition) is 5. The summed E-state index contributed by atoms with van der Waals surface area (Å²) in [7, 11) is 1.62. The summed E-state index contributed by atoms with van der Waals surface area (Å²) >= 11 is 6.35. The van der Waals surface area contributed by atoms with Crippen molar-refractivity contribution in [3.63, 3.8) is 0 Å². The van der Waals surface area contributed by atoms with Crippen LogP contribution in [0.25, 0.3) is 0 Å². The number of rotatable bonds is 6. The third-order valence-corrected chi connectivity index (χ3v) is 5.17. The fourth-order valence-electron chi connectivity index (χ4n) is 3.41. The number of amidine groups is 1. The largest absolute Gasteiger partial charge is 0.495 e. The van der Waals surface area contributed by atoms with E-state index in [4.69, 9.17) is 27.8 Å². The Morgan fingerprint density at radius 2 is 1.93 bits per heavy atom. The Balaban J connectivity index is 1.82. The molecule has 2 aromatic rings. The number of benzene rings is 2. The number of ether oxygens (including phenoxy) is 1. The Morgan fingerprint density at radius 1 is 1.21 bits per heavy atom. The van der Waals surface area contributed by atoms with Crippen molar-refractivity contribution in [3.8, 4) is 5.75 Å². The summed E-state index contributed by atoms with van der Waals surface area (Å²) in [4.78, 5) is 4.55. The summed E-state index contributed by atoms with van der Waals surface area (Å²) in [5.41, 5.74) is 16.9. The standard InChI is InChI=1S/C22H27ClN4O/c1-14(2)18-11-20(28-3)19(23)10-16(18)9-17-13-26-22(25,27-21(17)24)12-15-7-5-4-6-8-15/h4-8,10-11,13-14,26H,9,12,25H2,1-3H3,(H2,24,27). The molecule has 5 N–H and O–H groups in total. The molecular weight excluding hydrogens is 372 g/mol. The van der Waals surface area contributed by atoms with E-state index >= 15 is 0 Å². The predicted molar refractivity (Wildman–Crippen MR) is 116 cm³/mol. The Kier molecular flexibility index (Phi) is 5.96. The first kappa shape index (κ1) is 20.2. The summed E-state index contributed by atoms with van der Waals surface area (Å²) in [5.74, 6) is 0.491. The van der Waals surface area contributed by atoms with Crippen LogP contribution in [-0.4, -0.2) is 18.7 Å². The van der Waals surface area contributed by atoms with Crippen LogP contribution in [0.2, 0.25) is 5.02 Å². The van der Waals surface area contributed by atoms with Gasteiger partial charge in [0, 0.05) is 24.6 Å². The molecular formula is C22H27ClN4O. The van der Waals surface area contributed by atoms with Gasteiger partial charge < -0.3 is 15.8 Å². The molecule has 1 heterocycles. The van der Waals surface area contributed by atoms with Gasteiger partial charge in [-0.05, 0) is 34.7 Å². The normalized spacial score (nSPS) is 19.1. The number of methoxy groups -OCH3 is 1. The maximum Gasteiger partial charge on any atom is 0.188 e. The van der Waals surface area contributed by atoms with Gasteiger partial charge in [0.1, 0.15) is 11.6 Å². The van der Waals surface area contributed by atoms with Crippen molar-refractivity contribution in [1.82, 2.24) is 5.32 Å². The van der Waals surface area contributed by atoms with E-state index in [9.17, 15) is 0 Å². The molecule has 3 rings (SSSR count). The quantitative estimate of drug-likeness (QED) is 0.692. The number of nitrogens with one attached hydrogen (secondary N) is 1. The zero-order valence-electron chi connectivity index (χ0n) is 16.5. The minimum Gasteiger partial charge on any atom is -0.495 e. The lowest BCUT2D eigenvalue weighted by molar-refractivity contribution is 0.388. The number of nitrogens with zero attached hydrogens (tertiary/aromatic N) is 1. The van der Waals surface area contributed by atoms with Crippen molar-refractivity contribution in [2.75, 3.05) is 7.11 Å². The van der Waals surface area contributed by atoms with Gasteiger partial charge in [0.05, 0.1) is 12.1 Å². The highest BCUT2D eigenvalue weighted by molar-refractivity contribution is 6.32. The number of hydrogen-bond donors (Lipinski definition) is 3. The highest BCUT2D eigenvalue weighted by Crippen LogP contribution is 2.33. The maximum absolute atomic E-state index is 6.42. The van der Waals surface area contributed by atoms with E-state index in [-0.39, 0.29) is 0 Å². The molecule has 5 nitrogen and oxygen atoms in total. The molecule has 148 valence electrons. The van der Waals surface area contributed by atoms with Crippen molar-refractivity contribution < 1.29 is 4.74 Å². The molecule has 2 aromatic carbocycles. The summed E-state index contributed by atoms with van der Waals surface area (Å²) in [5, 5.41) is 3.80. The second-order valence-electron chi connectivity index (χ2n) is 7.41. The first-order chi connectivity index (χ1) is 13.3. The van der Waals surface area contributed by atoms with Crippen molar-refractivity contribution in [3.05, 3.63) is 76.0 Å². The van der Waals surface area contributed by atoms with Crippen LogP contribution in [0, 0.1) is 0 Å². The smallest absolute Gasteiger partial charge is 0.188 e. The second kappa shape index (κ2) is 8.25. The van der Waals surface area contributed by atoms with Crippen LogP contribution in [-0.2, 0) is 12.8 Å². The highest BCUT2D eigenvalue weighted by Gasteiger charge is 2.28. The zero-order valence-corrected chi connectivity index (χ0v) is 17.3. The SMILES string of the molecule is COc1cc(C(C)C)c(CC2=CNC(N)(Cc3ccccc3)N=C2N)cc1Cl. The number of halogens is 1. The number of nitrogens with two attached hydrogens (primary N) is 2. The average molecular weight is 399 g/mol. The average Bonchev–Trinajstić information content (AvgIpc) is 2.64. The van der Waals surface area contributed by atoms with Gasteiger partial charge in [-0.2, -0.15) is 0 Å². The van der Waals surface area contributed by atoms with Crippen molar-refractivity contribution in [1.29, 1.82) is 0 Å². The van der Waals surface area contributed by atoms with E-state index < -0.39 is 5.79 Å². The molecule has 0 bridgehead atoms. The summed E-state index contributed by atoms with van der Waals surface area (Å²) in [6, 6.07) is 13.9. The molecule has 1 aliphatic rings. The fourth-order valence-corrected chi connectivity index (χ4v) is 3.67. The molecule has 0 fully saturated rings. The molecule has 0 saturated carbocycles. The third kappa shape index (κ3) is 4.49. The minimum absolute atomic E-state index is 0.322. The van der Waals surface area contributed by atoms with Crippen LogP contribution >= 0.6 is 11.6 Å². The van der Waals surface area contributed by atoms with Crippen LogP contribution < -0.4 is 21.5 Å². The molecule has 6 heteroatoms. The van der Waals surface area contributed by atoms with E-state index in [1.54, 1.807) is 7.11 Å². The van der Waals surface area contributed by atoms with E-state index in [0.29, 0.717) is 35.4 Å². The molecule has 0 amide bonds. The first-order valence-electron chi connectivity index (χ1n) is 9.33. The van der Waals surface area contributed by atoms with Crippen LogP contribution in [0.5, 0.6) is 5.75 Å². The van der Waals surface area contributed by atoms with Crippen LogP contribution in [0.3, 0.4) is 0 Å². The van der Waals surface area contributed by atoms with Crippen molar-refractivity contribution in [2.24, 2.45) is 16.5 Å². The van der Waals surface area contributed by atoms with Gasteiger partial charge in [-0.15, -0.1) is 0 Å². The Labute approximate surface area is 171 Å². The van der Waals surface area contributed by atoms with E-state index in [0.717, 1.165) is 16.7 Å². The second-order valence-corrected chi connectivity index (χ2v) is 7.82. The minimum atomic E-state index is -0.951. The van der Waals surface area contributed by atoms with Gasteiger partial charge in [0.2, 0.25) is 0 Å². The zero-order chi connectivity index (χ0) is 20.3. The summed E-state index contributed by atoms with van der Waals surface area (Å²) in [6.07, 6.45) is 3.03. The molecule has 0 aromatic heterocycles. The van der Waals surface area contributed by atoms with E-state index in [1.165, 1.54) is 5.56 Å². The molecule has 28 heavy (non-hydrogen) atoms. The summed E-state index contributed by atoms with van der Waals surface area (Å²) in [6.45, 7) is 4.28. The van der Waals surface area contributed by atoms with E-state index in [1.807, 2.05) is 48.7 Å². The summed E-state index contributed by atoms with van der Waals surface area (Å²) < 4.78 is 5.36. The van der Waals surface area contributed by atoms with Crippen LogP contribution in [0.4, 0.5) is 0 Å². The van der Waals surface area contributed by atoms with Gasteiger partial charge in [-0.3, -0.25) is 5.73 Å². The van der Waals surface area contributed by atoms with Crippen LogP contribution in [0.1, 0.15) is 36.5 Å². The Morgan fingerprint density at radius 3 is 2.54 bits per heavy atom. The molecule has 1 unspecified atom stereocenters. The van der Waals surface area contributed by atoms with Crippen LogP contribution in [0.15, 0.2) is 59.2 Å². The third-order valence-electron chi connectivity index (χ3n) is 4.88. The topological polar surface area (TPSA) is 85.7 Å². The molecule has 0 spiro atoms. The van der Waals surface area contributed by atoms with Gasteiger partial charge in [0.15, 0.2) is 5.79 Å². The van der Waals surface area contributed by atoms with Crippen molar-refractivity contribution >= 4 is 17.4 Å². The van der Waals surface area contributed by atoms with E-state index in [2.05, 4.69) is 24.2 Å². The van der Waals surface area contributed by atoms with Crippen molar-refractivity contribution in [2.45, 2.75) is 38.4 Å². The lowest BCUT2D eigenvalue weighted by atomic mass is 9.92. The Hall–Kier alpha value is -2.50. The molecule has 0 radical (unpaired) electrons. The lowest BCUT2D eigenvalue weighted by Crippen LogP contribution is -2.55. The maximum atomic E-state index is 6.42. The highest BCUT2D eigenvalue weighted by atomic mass is 35.5. The lowest BCUT2D eigenvalue weighted by Gasteiger charge is -2.31. The predicted octanol–water partition coefficient (Wildman–Crippen LogP) is 3.71. The van der Waals surface area contributed by atoms with Gasteiger partial charge in [0.25, 0.3) is 0 Å². The van der Waals surface area contributed by atoms with Gasteiger partial charge >= 0.3 is 0 Å². The molecule has 1 atom stereocenters. The Bertz CT molecular complexity index is 908.